The van der Waals surface area contributed by atoms with E-state index in [-0.39, 0.29) is 30.2 Å². The number of aromatic hydroxyl groups is 1. The van der Waals surface area contributed by atoms with Gasteiger partial charge in [0.2, 0.25) is 6.79 Å². The number of hydrogen-bond acceptors (Lipinski definition) is 6. The van der Waals surface area contributed by atoms with Crippen molar-refractivity contribution in [1.29, 1.82) is 0 Å². The number of imide groups is 1. The van der Waals surface area contributed by atoms with Crippen LogP contribution in [0.15, 0.2) is 35.2 Å². The van der Waals surface area contributed by atoms with Crippen LogP contribution in [-0.2, 0) is 11.3 Å². The molecule has 2 aliphatic rings. The summed E-state index contributed by atoms with van der Waals surface area (Å²) in [5, 5.41) is 9.63. The molecular formula is C18H11ClINO5S. The normalized spacial score (nSPS) is 17.3. The summed E-state index contributed by atoms with van der Waals surface area (Å²) in [5.41, 5.74) is 1.33. The number of carbonyl (C=O) groups excluding carboxylic acids is 2. The van der Waals surface area contributed by atoms with Crippen LogP contribution in [0.25, 0.3) is 6.08 Å². The molecule has 2 aromatic carbocycles. The van der Waals surface area contributed by atoms with E-state index in [1.165, 1.54) is 0 Å². The molecule has 0 aromatic heterocycles. The predicted molar refractivity (Wildman–Crippen MR) is 110 cm³/mol. The Morgan fingerprint density at radius 3 is 2.70 bits per heavy atom. The molecule has 0 spiro atoms. The molecule has 9 heteroatoms. The van der Waals surface area contributed by atoms with E-state index in [1.54, 1.807) is 36.4 Å². The highest BCUT2D eigenvalue weighted by molar-refractivity contribution is 14.1. The van der Waals surface area contributed by atoms with Crippen molar-refractivity contribution >= 4 is 63.2 Å². The molecule has 0 unspecified atom stereocenters. The minimum Gasteiger partial charge on any atom is -0.507 e. The average Bonchev–Trinajstić information content (AvgIpc) is 3.17. The summed E-state index contributed by atoms with van der Waals surface area (Å²) < 4.78 is 11.2. The third-order valence-electron chi connectivity index (χ3n) is 4.01. The van der Waals surface area contributed by atoms with Crippen LogP contribution in [0.5, 0.6) is 17.2 Å². The standard InChI is InChI=1S/C18H11ClINO5S/c19-11-6-15-14(25-8-26-15)5-10(11)7-21-17(23)16(27-18(21)24)4-9-1-2-13(22)12(20)3-9/h1-6,22H,7-8H2/b16-4-. The fourth-order valence-corrected chi connectivity index (χ4v) is 4.24. The Kier molecular flexibility index (Phi) is 4.95. The van der Waals surface area contributed by atoms with Crippen molar-refractivity contribution in [2.24, 2.45) is 0 Å². The number of phenolic OH excluding ortho intramolecular Hbond substituents is 1. The first-order valence-electron chi connectivity index (χ1n) is 7.74. The lowest BCUT2D eigenvalue weighted by Gasteiger charge is -2.14. The Morgan fingerprint density at radius 2 is 1.96 bits per heavy atom. The van der Waals surface area contributed by atoms with Gasteiger partial charge in [0.25, 0.3) is 11.1 Å². The zero-order chi connectivity index (χ0) is 19.1. The van der Waals surface area contributed by atoms with Gasteiger partial charge in [-0.15, -0.1) is 0 Å². The fraction of sp³-hybridized carbons (Fsp3) is 0.111. The average molecular weight is 516 g/mol. The Hall–Kier alpha value is -1.91. The van der Waals surface area contributed by atoms with E-state index < -0.39 is 0 Å². The molecule has 27 heavy (non-hydrogen) atoms. The van der Waals surface area contributed by atoms with Crippen LogP contribution in [0.2, 0.25) is 5.02 Å². The molecule has 0 bridgehead atoms. The molecule has 2 heterocycles. The largest absolute Gasteiger partial charge is 0.507 e. The quantitative estimate of drug-likeness (QED) is 0.475. The lowest BCUT2D eigenvalue weighted by molar-refractivity contribution is -0.123. The minimum absolute atomic E-state index is 0.0462. The zero-order valence-corrected chi connectivity index (χ0v) is 17.3. The van der Waals surface area contributed by atoms with Gasteiger partial charge in [-0.2, -0.15) is 0 Å². The summed E-state index contributed by atoms with van der Waals surface area (Å²) in [5.74, 6) is 0.857. The summed E-state index contributed by atoms with van der Waals surface area (Å²) in [6.07, 6.45) is 1.63. The SMILES string of the molecule is O=C1S/C(=C\c2ccc(O)c(I)c2)C(=O)N1Cc1cc2c(cc1Cl)OCO2. The third-order valence-corrected chi connectivity index (χ3v) is 6.14. The van der Waals surface area contributed by atoms with E-state index in [9.17, 15) is 14.7 Å². The van der Waals surface area contributed by atoms with Crippen molar-refractivity contribution in [2.75, 3.05) is 6.79 Å². The molecule has 1 saturated heterocycles. The number of hydrogen-bond donors (Lipinski definition) is 1. The maximum Gasteiger partial charge on any atom is 0.293 e. The predicted octanol–water partition coefficient (Wildman–Crippen LogP) is 4.62. The number of fused-ring (bicyclic) bond motifs is 1. The molecular weight excluding hydrogens is 505 g/mol. The van der Waals surface area contributed by atoms with Gasteiger partial charge in [-0.1, -0.05) is 17.7 Å². The molecule has 2 amide bonds. The van der Waals surface area contributed by atoms with Gasteiger partial charge in [-0.25, -0.2) is 0 Å². The first-order chi connectivity index (χ1) is 12.9. The molecule has 2 aliphatic heterocycles. The number of halogens is 2. The number of rotatable bonds is 3. The van der Waals surface area contributed by atoms with Gasteiger partial charge in [-0.3, -0.25) is 14.5 Å². The maximum absolute atomic E-state index is 12.7. The highest BCUT2D eigenvalue weighted by atomic mass is 127. The van der Waals surface area contributed by atoms with Crippen LogP contribution in [0.3, 0.4) is 0 Å². The van der Waals surface area contributed by atoms with E-state index in [4.69, 9.17) is 21.1 Å². The van der Waals surface area contributed by atoms with E-state index in [1.807, 2.05) is 22.6 Å². The molecule has 2 aromatic rings. The molecule has 1 N–H and O–H groups in total. The van der Waals surface area contributed by atoms with E-state index in [0.29, 0.717) is 30.6 Å². The number of amides is 2. The Labute approximate surface area is 177 Å². The van der Waals surface area contributed by atoms with Gasteiger partial charge < -0.3 is 14.6 Å². The van der Waals surface area contributed by atoms with Crippen molar-refractivity contribution in [3.8, 4) is 17.2 Å². The molecule has 0 radical (unpaired) electrons. The topological polar surface area (TPSA) is 76.1 Å². The molecule has 1 fully saturated rings. The van der Waals surface area contributed by atoms with Crippen molar-refractivity contribution in [3.63, 3.8) is 0 Å². The molecule has 0 saturated carbocycles. The molecule has 4 rings (SSSR count). The number of ether oxygens (including phenoxy) is 2. The summed E-state index contributed by atoms with van der Waals surface area (Å²) in [6.45, 7) is 0.162. The van der Waals surface area contributed by atoms with Crippen molar-refractivity contribution in [1.82, 2.24) is 4.90 Å². The van der Waals surface area contributed by atoms with Gasteiger partial charge in [0.15, 0.2) is 11.5 Å². The second-order valence-electron chi connectivity index (χ2n) is 5.78. The van der Waals surface area contributed by atoms with Gasteiger partial charge in [0.05, 0.1) is 15.0 Å². The number of nitrogens with zero attached hydrogens (tertiary/aromatic N) is 1. The van der Waals surface area contributed by atoms with Crippen LogP contribution < -0.4 is 9.47 Å². The van der Waals surface area contributed by atoms with Gasteiger partial charge in [-0.05, 0) is 69.8 Å². The Morgan fingerprint density at radius 1 is 1.22 bits per heavy atom. The third kappa shape index (κ3) is 3.61. The second kappa shape index (κ2) is 7.25. The van der Waals surface area contributed by atoms with Crippen LogP contribution in [-0.4, -0.2) is 27.9 Å². The molecule has 0 aliphatic carbocycles. The highest BCUT2D eigenvalue weighted by Crippen LogP contribution is 2.39. The summed E-state index contributed by atoms with van der Waals surface area (Å²) in [4.78, 5) is 26.5. The lowest BCUT2D eigenvalue weighted by Crippen LogP contribution is -2.27. The second-order valence-corrected chi connectivity index (χ2v) is 8.34. The van der Waals surface area contributed by atoms with Crippen LogP contribution in [0.1, 0.15) is 11.1 Å². The fourth-order valence-electron chi connectivity index (χ4n) is 2.65. The smallest absolute Gasteiger partial charge is 0.293 e. The van der Waals surface area contributed by atoms with Gasteiger partial charge >= 0.3 is 0 Å². The van der Waals surface area contributed by atoms with Crippen molar-refractivity contribution in [2.45, 2.75) is 6.54 Å². The van der Waals surface area contributed by atoms with Crippen molar-refractivity contribution in [3.05, 3.63) is 55.0 Å². The van der Waals surface area contributed by atoms with E-state index in [0.717, 1.165) is 22.2 Å². The highest BCUT2D eigenvalue weighted by Gasteiger charge is 2.35. The van der Waals surface area contributed by atoms with Crippen molar-refractivity contribution < 1.29 is 24.2 Å². The van der Waals surface area contributed by atoms with Gasteiger partial charge in [0.1, 0.15) is 5.75 Å². The number of benzene rings is 2. The maximum atomic E-state index is 12.7. The number of thioether (sulfide) groups is 1. The molecule has 6 nitrogen and oxygen atoms in total. The zero-order valence-electron chi connectivity index (χ0n) is 13.6. The Bertz CT molecular complexity index is 1010. The molecule has 0 atom stereocenters. The first-order valence-corrected chi connectivity index (χ1v) is 10.0. The van der Waals surface area contributed by atoms with Crippen LogP contribution in [0.4, 0.5) is 4.79 Å². The lowest BCUT2D eigenvalue weighted by atomic mass is 10.1. The molecule has 138 valence electrons. The monoisotopic (exact) mass is 515 g/mol. The first kappa shape index (κ1) is 18.5. The number of phenols is 1. The minimum atomic E-state index is -0.387. The van der Waals surface area contributed by atoms with Crippen LogP contribution >= 0.6 is 46.0 Å². The Balaban J connectivity index is 1.58. The summed E-state index contributed by atoms with van der Waals surface area (Å²) in [7, 11) is 0. The van der Waals surface area contributed by atoms with E-state index >= 15 is 0 Å². The summed E-state index contributed by atoms with van der Waals surface area (Å²) in [6, 6.07) is 8.26. The van der Waals surface area contributed by atoms with Gasteiger partial charge in [0, 0.05) is 11.1 Å². The van der Waals surface area contributed by atoms with Crippen LogP contribution in [0, 0.1) is 3.57 Å². The number of carbonyl (C=O) groups is 2. The van der Waals surface area contributed by atoms with E-state index in [2.05, 4.69) is 0 Å². The summed E-state index contributed by atoms with van der Waals surface area (Å²) >= 11 is 9.12.